The van der Waals surface area contributed by atoms with E-state index in [2.05, 4.69) is 4.74 Å². The molecule has 174 valence electrons. The van der Waals surface area contributed by atoms with Gasteiger partial charge in [-0.2, -0.15) is 8.78 Å². The van der Waals surface area contributed by atoms with Crippen molar-refractivity contribution >= 4 is 22.8 Å². The van der Waals surface area contributed by atoms with Crippen LogP contribution in [0.2, 0.25) is 0 Å². The van der Waals surface area contributed by atoms with E-state index in [1.165, 1.54) is 42.0 Å². The quantitative estimate of drug-likeness (QED) is 0.513. The third-order valence-corrected chi connectivity index (χ3v) is 6.25. The normalized spacial score (nSPS) is 14.8. The van der Waals surface area contributed by atoms with Crippen molar-refractivity contribution < 1.29 is 37.3 Å². The number of benzene rings is 2. The van der Waals surface area contributed by atoms with Crippen molar-refractivity contribution in [2.75, 3.05) is 7.11 Å². The molecule has 9 heteroatoms. The van der Waals surface area contributed by atoms with Gasteiger partial charge in [0.25, 0.3) is 5.91 Å². The predicted molar refractivity (Wildman–Crippen MR) is 114 cm³/mol. The fourth-order valence-corrected chi connectivity index (χ4v) is 4.49. The largest absolute Gasteiger partial charge is 0.494 e. The van der Waals surface area contributed by atoms with Crippen molar-refractivity contribution in [3.8, 4) is 11.5 Å². The third-order valence-electron chi connectivity index (χ3n) is 6.25. The molecule has 1 aliphatic rings. The highest BCUT2D eigenvalue weighted by atomic mass is 19.3. The molecular weight excluding hydrogens is 439 g/mol. The third kappa shape index (κ3) is 4.03. The van der Waals surface area contributed by atoms with Crippen LogP contribution in [0.25, 0.3) is 10.9 Å². The lowest BCUT2D eigenvalue weighted by molar-refractivity contribution is -0.141. The van der Waals surface area contributed by atoms with Crippen LogP contribution in [-0.4, -0.2) is 35.3 Å². The second kappa shape index (κ2) is 8.80. The molecule has 0 aliphatic heterocycles. The molecule has 1 saturated carbocycles. The SMILES string of the molecule is COc1cc2c(C(C(=O)O)C3CCC3)c(C)n(C(=O)c3ccc(OC(F)F)cc3)c2cc1F. The number of carboxylic acids is 1. The maximum absolute atomic E-state index is 14.6. The summed E-state index contributed by atoms with van der Waals surface area (Å²) < 4.78 is 50.2. The van der Waals surface area contributed by atoms with Gasteiger partial charge in [-0.05, 0) is 61.6 Å². The zero-order valence-electron chi connectivity index (χ0n) is 18.0. The zero-order valence-corrected chi connectivity index (χ0v) is 18.0. The molecule has 4 rings (SSSR count). The molecule has 0 spiro atoms. The standard InChI is InChI=1S/C24H22F3NO5/c1-12-20(21(23(30)31)13-4-3-5-13)16-10-19(32-2)17(25)11-18(16)28(12)22(29)14-6-8-15(9-7-14)33-24(26)27/h6-11,13,21,24H,3-5H2,1-2H3,(H,30,31). The molecule has 0 saturated heterocycles. The molecule has 3 aromatic rings. The second-order valence-electron chi connectivity index (χ2n) is 8.05. The fraction of sp³-hybridized carbons (Fsp3) is 0.333. The summed E-state index contributed by atoms with van der Waals surface area (Å²) in [5.74, 6) is -3.35. The van der Waals surface area contributed by atoms with Crippen LogP contribution in [0.3, 0.4) is 0 Å². The molecule has 0 radical (unpaired) electrons. The van der Waals surface area contributed by atoms with E-state index in [1.54, 1.807) is 6.92 Å². The summed E-state index contributed by atoms with van der Waals surface area (Å²) in [6.07, 6.45) is 2.43. The van der Waals surface area contributed by atoms with Crippen molar-refractivity contribution in [2.45, 2.75) is 38.7 Å². The van der Waals surface area contributed by atoms with Crippen LogP contribution in [-0.2, 0) is 4.79 Å². The lowest BCUT2D eigenvalue weighted by Gasteiger charge is -2.31. The number of carbonyl (C=O) groups excluding carboxylic acids is 1. The number of aliphatic carboxylic acids is 1. The summed E-state index contributed by atoms with van der Waals surface area (Å²) >= 11 is 0. The van der Waals surface area contributed by atoms with Crippen LogP contribution in [0, 0.1) is 18.7 Å². The first-order chi connectivity index (χ1) is 15.7. The number of halogens is 3. The number of hydrogen-bond donors (Lipinski definition) is 1. The minimum absolute atomic E-state index is 0.0559. The monoisotopic (exact) mass is 461 g/mol. The van der Waals surface area contributed by atoms with Crippen molar-refractivity contribution in [3.63, 3.8) is 0 Å². The van der Waals surface area contributed by atoms with Gasteiger partial charge in [0.15, 0.2) is 11.6 Å². The molecule has 1 N–H and O–H groups in total. The number of carbonyl (C=O) groups is 2. The molecule has 1 heterocycles. The Hall–Kier alpha value is -3.49. The Balaban J connectivity index is 1.89. The molecule has 1 unspecified atom stereocenters. The van der Waals surface area contributed by atoms with Gasteiger partial charge in [-0.3, -0.25) is 14.2 Å². The predicted octanol–water partition coefficient (Wildman–Crippen LogP) is 5.36. The van der Waals surface area contributed by atoms with Gasteiger partial charge in [0.05, 0.1) is 18.5 Å². The van der Waals surface area contributed by atoms with Crippen LogP contribution in [0.15, 0.2) is 36.4 Å². The van der Waals surface area contributed by atoms with Gasteiger partial charge in [0.1, 0.15) is 5.75 Å². The van der Waals surface area contributed by atoms with E-state index in [9.17, 15) is 27.9 Å². The zero-order chi connectivity index (χ0) is 23.9. The molecular formula is C24H22F3NO5. The summed E-state index contributed by atoms with van der Waals surface area (Å²) in [6.45, 7) is -1.37. The number of carboxylic acid groups (broad SMARTS) is 1. The first-order valence-corrected chi connectivity index (χ1v) is 10.4. The average Bonchev–Trinajstić information content (AvgIpc) is 2.99. The van der Waals surface area contributed by atoms with E-state index in [0.29, 0.717) is 16.6 Å². The van der Waals surface area contributed by atoms with Gasteiger partial charge in [0, 0.05) is 22.7 Å². The van der Waals surface area contributed by atoms with Gasteiger partial charge >= 0.3 is 12.6 Å². The molecule has 1 fully saturated rings. The van der Waals surface area contributed by atoms with Gasteiger partial charge < -0.3 is 14.6 Å². The Morgan fingerprint density at radius 3 is 2.33 bits per heavy atom. The van der Waals surface area contributed by atoms with Crippen molar-refractivity contribution in [3.05, 3.63) is 59.0 Å². The van der Waals surface area contributed by atoms with Gasteiger partial charge in [-0.1, -0.05) is 6.42 Å². The minimum Gasteiger partial charge on any atom is -0.494 e. The number of hydrogen-bond acceptors (Lipinski definition) is 4. The highest BCUT2D eigenvalue weighted by Crippen LogP contribution is 2.45. The van der Waals surface area contributed by atoms with Crippen LogP contribution in [0.5, 0.6) is 11.5 Å². The average molecular weight is 461 g/mol. The van der Waals surface area contributed by atoms with Crippen molar-refractivity contribution in [1.29, 1.82) is 0 Å². The number of rotatable bonds is 7. The lowest BCUT2D eigenvalue weighted by atomic mass is 9.72. The number of nitrogens with zero attached hydrogens (tertiary/aromatic N) is 1. The molecule has 0 bridgehead atoms. The maximum Gasteiger partial charge on any atom is 0.387 e. The van der Waals surface area contributed by atoms with Crippen LogP contribution in [0.4, 0.5) is 13.2 Å². The number of aromatic nitrogens is 1. The van der Waals surface area contributed by atoms with E-state index >= 15 is 0 Å². The molecule has 0 amide bonds. The lowest BCUT2D eigenvalue weighted by Crippen LogP contribution is -2.27. The van der Waals surface area contributed by atoms with Crippen LogP contribution >= 0.6 is 0 Å². The summed E-state index contributed by atoms with van der Waals surface area (Å²) in [7, 11) is 1.31. The first-order valence-electron chi connectivity index (χ1n) is 10.4. The molecule has 1 aliphatic carbocycles. The Kier molecular flexibility index (Phi) is 6.05. The summed E-state index contributed by atoms with van der Waals surface area (Å²) in [6, 6.07) is 7.69. The van der Waals surface area contributed by atoms with E-state index in [0.717, 1.165) is 25.3 Å². The summed E-state index contributed by atoms with van der Waals surface area (Å²) in [5, 5.41) is 10.4. The molecule has 2 aromatic carbocycles. The Labute approximate surface area is 187 Å². The van der Waals surface area contributed by atoms with E-state index in [-0.39, 0.29) is 28.5 Å². The first kappa shape index (κ1) is 22.7. The topological polar surface area (TPSA) is 77.8 Å². The van der Waals surface area contributed by atoms with Crippen molar-refractivity contribution in [1.82, 2.24) is 4.57 Å². The minimum atomic E-state index is -3.00. The van der Waals surface area contributed by atoms with Gasteiger partial charge in [-0.15, -0.1) is 0 Å². The van der Waals surface area contributed by atoms with Crippen LogP contribution < -0.4 is 9.47 Å². The number of methoxy groups -OCH3 is 1. The Bertz CT molecular complexity index is 1220. The maximum atomic E-state index is 14.6. The van der Waals surface area contributed by atoms with Crippen molar-refractivity contribution in [2.24, 2.45) is 5.92 Å². The van der Waals surface area contributed by atoms with Gasteiger partial charge in [0.2, 0.25) is 0 Å². The van der Waals surface area contributed by atoms with E-state index in [1.807, 2.05) is 0 Å². The summed E-state index contributed by atoms with van der Waals surface area (Å²) in [4.78, 5) is 25.7. The molecule has 1 atom stereocenters. The van der Waals surface area contributed by atoms with E-state index in [4.69, 9.17) is 4.74 Å². The number of alkyl halides is 2. The molecule has 6 nitrogen and oxygen atoms in total. The smallest absolute Gasteiger partial charge is 0.387 e. The van der Waals surface area contributed by atoms with Crippen LogP contribution in [0.1, 0.15) is 46.8 Å². The summed E-state index contributed by atoms with van der Waals surface area (Å²) in [5.41, 5.74) is 1.19. The Morgan fingerprint density at radius 1 is 1.15 bits per heavy atom. The number of fused-ring (bicyclic) bond motifs is 1. The number of ether oxygens (including phenoxy) is 2. The fourth-order valence-electron chi connectivity index (χ4n) is 4.49. The van der Waals surface area contributed by atoms with E-state index < -0.39 is 30.2 Å². The molecule has 33 heavy (non-hydrogen) atoms. The highest BCUT2D eigenvalue weighted by Gasteiger charge is 2.38. The second-order valence-corrected chi connectivity index (χ2v) is 8.05. The molecule has 1 aromatic heterocycles. The van der Waals surface area contributed by atoms with Gasteiger partial charge in [-0.25, -0.2) is 4.39 Å². The highest BCUT2D eigenvalue weighted by molar-refractivity contribution is 6.05. The Morgan fingerprint density at radius 2 is 1.82 bits per heavy atom.